The quantitative estimate of drug-likeness (QED) is 0.381. The van der Waals surface area contributed by atoms with Gasteiger partial charge in [0.2, 0.25) is 0 Å². The number of carboxylic acid groups (broad SMARTS) is 2. The van der Waals surface area contributed by atoms with Crippen LogP contribution in [0.15, 0.2) is 24.3 Å². The van der Waals surface area contributed by atoms with Crippen LogP contribution in [-0.4, -0.2) is 47.6 Å². The van der Waals surface area contributed by atoms with Crippen LogP contribution in [0.25, 0.3) is 0 Å². The molecule has 0 aromatic carbocycles. The van der Waals surface area contributed by atoms with Gasteiger partial charge in [-0.25, -0.2) is 9.59 Å². The maximum atomic E-state index is 10.4. The smallest absolute Gasteiger partial charge is 0.331 e. The minimum Gasteiger partial charge on any atom is -0.478 e. The third-order valence-corrected chi connectivity index (χ3v) is 3.18. The Morgan fingerprint density at radius 3 is 1.56 bits per heavy atom. The van der Waals surface area contributed by atoms with Gasteiger partial charge in [0.05, 0.1) is 12.2 Å². The van der Waals surface area contributed by atoms with Gasteiger partial charge in [0.15, 0.2) is 0 Å². The van der Waals surface area contributed by atoms with E-state index in [2.05, 4.69) is 20.1 Å². The normalized spacial score (nSPS) is 12.5. The highest BCUT2D eigenvalue weighted by Gasteiger charge is 2.10. The maximum absolute atomic E-state index is 10.4. The molecule has 25 heavy (non-hydrogen) atoms. The van der Waals surface area contributed by atoms with E-state index in [1.807, 2.05) is 20.8 Å². The summed E-state index contributed by atoms with van der Waals surface area (Å²) in [6.45, 7) is 16.1. The fourth-order valence-corrected chi connectivity index (χ4v) is 1.73. The molecule has 0 amide bonds. The number of carbonyl (C=O) groups is 2. The van der Waals surface area contributed by atoms with Gasteiger partial charge in [-0.15, -0.1) is 0 Å². The van der Waals surface area contributed by atoms with Crippen molar-refractivity contribution < 1.29 is 29.3 Å². The predicted molar refractivity (Wildman–Crippen MR) is 98.8 cm³/mol. The second kappa shape index (κ2) is 15.8. The van der Waals surface area contributed by atoms with Crippen molar-refractivity contribution in [3.8, 4) is 0 Å². The molecule has 2 unspecified atom stereocenters. The summed E-state index contributed by atoms with van der Waals surface area (Å²) in [5.74, 6) is -1.88. The maximum Gasteiger partial charge on any atom is 0.331 e. The van der Waals surface area contributed by atoms with E-state index < -0.39 is 11.9 Å². The molecule has 0 aliphatic heterocycles. The third-order valence-electron chi connectivity index (χ3n) is 3.18. The molecule has 0 fully saturated rings. The van der Waals surface area contributed by atoms with Crippen molar-refractivity contribution in [3.05, 3.63) is 24.3 Å². The van der Waals surface area contributed by atoms with Crippen LogP contribution in [0.2, 0.25) is 0 Å². The largest absolute Gasteiger partial charge is 0.478 e. The Hall–Kier alpha value is -1.66. The van der Waals surface area contributed by atoms with Crippen LogP contribution in [0.4, 0.5) is 0 Å². The molecular formula is C19H34O6. The third kappa shape index (κ3) is 17.0. The van der Waals surface area contributed by atoms with Crippen LogP contribution < -0.4 is 0 Å². The molecule has 0 saturated carbocycles. The highest BCUT2D eigenvalue weighted by atomic mass is 16.5. The van der Waals surface area contributed by atoms with Crippen LogP contribution in [0, 0.1) is 0 Å². The van der Waals surface area contributed by atoms with Crippen molar-refractivity contribution >= 4 is 11.9 Å². The summed E-state index contributed by atoms with van der Waals surface area (Å²) in [4.78, 5) is 20.8. The lowest BCUT2D eigenvalue weighted by atomic mass is 10.1. The lowest BCUT2D eigenvalue weighted by Crippen LogP contribution is -2.13. The lowest BCUT2D eigenvalue weighted by Gasteiger charge is -2.12. The molecule has 6 nitrogen and oxygen atoms in total. The van der Waals surface area contributed by atoms with Crippen molar-refractivity contribution in [1.29, 1.82) is 0 Å². The van der Waals surface area contributed by atoms with E-state index in [4.69, 9.17) is 19.7 Å². The Balaban J connectivity index is 0. The first-order chi connectivity index (χ1) is 11.6. The summed E-state index contributed by atoms with van der Waals surface area (Å²) in [5.41, 5.74) is 0.419. The van der Waals surface area contributed by atoms with E-state index in [9.17, 15) is 9.59 Å². The average molecular weight is 358 g/mol. The average Bonchev–Trinajstić information content (AvgIpc) is 2.53. The molecule has 0 aromatic rings. The van der Waals surface area contributed by atoms with Crippen LogP contribution in [0.3, 0.4) is 0 Å². The van der Waals surface area contributed by atoms with E-state index in [1.54, 1.807) is 0 Å². The molecule has 0 heterocycles. The van der Waals surface area contributed by atoms with E-state index in [1.165, 1.54) is 0 Å². The number of carboxylic acids is 2. The summed E-state index contributed by atoms with van der Waals surface area (Å²) in [6, 6.07) is 0. The van der Waals surface area contributed by atoms with E-state index in [0.717, 1.165) is 19.3 Å². The number of hydrogen-bond donors (Lipinski definition) is 2. The first kappa shape index (κ1) is 25.6. The van der Waals surface area contributed by atoms with Gasteiger partial charge in [0, 0.05) is 37.2 Å². The van der Waals surface area contributed by atoms with E-state index >= 15 is 0 Å². The Morgan fingerprint density at radius 1 is 0.840 bits per heavy atom. The summed E-state index contributed by atoms with van der Waals surface area (Å²) in [5, 5.41) is 17.0. The minimum absolute atomic E-state index is 0.0462. The first-order valence-electron chi connectivity index (χ1n) is 8.70. The zero-order valence-electron chi connectivity index (χ0n) is 16.0. The van der Waals surface area contributed by atoms with Crippen molar-refractivity contribution in [1.82, 2.24) is 0 Å². The van der Waals surface area contributed by atoms with E-state index in [0.29, 0.717) is 26.1 Å². The van der Waals surface area contributed by atoms with Crippen LogP contribution in [-0.2, 0) is 19.1 Å². The van der Waals surface area contributed by atoms with Crippen molar-refractivity contribution in [3.63, 3.8) is 0 Å². The number of aliphatic carboxylic acids is 2. The molecule has 2 atom stereocenters. The summed E-state index contributed by atoms with van der Waals surface area (Å²) in [6.07, 6.45) is 3.76. The predicted octanol–water partition coefficient (Wildman–Crippen LogP) is 4.05. The molecule has 0 rings (SSSR count). The van der Waals surface area contributed by atoms with Crippen LogP contribution >= 0.6 is 0 Å². The second-order valence-electron chi connectivity index (χ2n) is 5.94. The zero-order valence-corrected chi connectivity index (χ0v) is 16.0. The van der Waals surface area contributed by atoms with E-state index in [-0.39, 0.29) is 23.4 Å². The summed E-state index contributed by atoms with van der Waals surface area (Å²) < 4.78 is 10.7. The number of ether oxygens (including phenoxy) is 2. The lowest BCUT2D eigenvalue weighted by molar-refractivity contribution is -0.134. The number of unbranched alkanes of at least 4 members (excludes halogenated alkanes) is 1. The Labute approximate surface area is 151 Å². The molecule has 0 bridgehead atoms. The highest BCUT2D eigenvalue weighted by Crippen LogP contribution is 2.07. The summed E-state index contributed by atoms with van der Waals surface area (Å²) in [7, 11) is 0. The monoisotopic (exact) mass is 358 g/mol. The highest BCUT2D eigenvalue weighted by molar-refractivity contribution is 5.86. The fraction of sp³-hybridized carbons (Fsp3) is 0.684. The standard InChI is InChI=1S/C10H18O3.C9H16O3/c1-4-5-6-13-9(3)7-8(2)10(11)12;1-4-5-12-8(3)6-7(2)9(10)11/h9H,2,4-7H2,1,3H3,(H,11,12);8H,2,4-6H2,1,3H3,(H,10,11). The van der Waals surface area contributed by atoms with Crippen LogP contribution in [0.5, 0.6) is 0 Å². The SMILES string of the molecule is C=C(CC(C)OCCC)C(=O)O.C=C(CC(C)OCCCC)C(=O)O. The van der Waals surface area contributed by atoms with Gasteiger partial charge < -0.3 is 19.7 Å². The molecule has 0 aromatic heterocycles. The van der Waals surface area contributed by atoms with Crippen molar-refractivity contribution in [2.75, 3.05) is 13.2 Å². The van der Waals surface area contributed by atoms with Crippen molar-refractivity contribution in [2.45, 2.75) is 72.0 Å². The van der Waals surface area contributed by atoms with Crippen molar-refractivity contribution in [2.24, 2.45) is 0 Å². The molecule has 0 aliphatic carbocycles. The molecule has 0 spiro atoms. The molecule has 6 heteroatoms. The van der Waals surface area contributed by atoms with Gasteiger partial charge in [0.1, 0.15) is 0 Å². The van der Waals surface area contributed by atoms with Gasteiger partial charge in [0.25, 0.3) is 0 Å². The first-order valence-corrected chi connectivity index (χ1v) is 8.70. The Morgan fingerprint density at radius 2 is 1.24 bits per heavy atom. The molecule has 146 valence electrons. The zero-order chi connectivity index (χ0) is 19.8. The molecule has 0 radical (unpaired) electrons. The number of rotatable bonds is 13. The topological polar surface area (TPSA) is 93.1 Å². The van der Waals surface area contributed by atoms with Crippen LogP contribution in [0.1, 0.15) is 59.8 Å². The fourth-order valence-electron chi connectivity index (χ4n) is 1.73. The summed E-state index contributed by atoms with van der Waals surface area (Å²) >= 11 is 0. The Kier molecular flexibility index (Phi) is 16.2. The second-order valence-corrected chi connectivity index (χ2v) is 5.94. The van der Waals surface area contributed by atoms with Gasteiger partial charge in [-0.3, -0.25) is 0 Å². The van der Waals surface area contributed by atoms with Gasteiger partial charge in [-0.2, -0.15) is 0 Å². The molecular weight excluding hydrogens is 324 g/mol. The van der Waals surface area contributed by atoms with Gasteiger partial charge in [-0.1, -0.05) is 33.4 Å². The molecule has 0 saturated heterocycles. The van der Waals surface area contributed by atoms with Gasteiger partial charge >= 0.3 is 11.9 Å². The minimum atomic E-state index is -0.943. The molecule has 2 N–H and O–H groups in total. The van der Waals surface area contributed by atoms with Gasteiger partial charge in [-0.05, 0) is 26.7 Å². The number of hydrogen-bond acceptors (Lipinski definition) is 4. The Bertz CT molecular complexity index is 416. The molecule has 0 aliphatic rings.